The molecule has 0 saturated carbocycles. The van der Waals surface area contributed by atoms with E-state index in [4.69, 9.17) is 4.74 Å². The second-order valence-electron chi connectivity index (χ2n) is 7.04. The molecule has 1 aromatic carbocycles. The summed E-state index contributed by atoms with van der Waals surface area (Å²) in [5.41, 5.74) is 1.18. The Morgan fingerprint density at radius 2 is 1.96 bits per heavy atom. The van der Waals surface area contributed by atoms with E-state index in [-0.39, 0.29) is 30.1 Å². The van der Waals surface area contributed by atoms with Gasteiger partial charge < -0.3 is 14.5 Å². The van der Waals surface area contributed by atoms with Crippen LogP contribution in [-0.4, -0.2) is 60.4 Å². The Labute approximate surface area is 154 Å². The molecule has 2 amide bonds. The first-order valence-electron chi connectivity index (χ1n) is 9.30. The largest absolute Gasteiger partial charge is 0.467 e. The SMILES string of the molecule is COC(=O)C1CCCCN1C(=O)C1CC(=O)N(CCc2ccccc2)C1. The van der Waals surface area contributed by atoms with Crippen LogP contribution in [0.15, 0.2) is 30.3 Å². The maximum Gasteiger partial charge on any atom is 0.328 e. The average molecular weight is 358 g/mol. The van der Waals surface area contributed by atoms with E-state index in [1.54, 1.807) is 9.80 Å². The minimum absolute atomic E-state index is 0.0194. The molecule has 0 aliphatic carbocycles. The van der Waals surface area contributed by atoms with Crippen LogP contribution in [0.5, 0.6) is 0 Å². The summed E-state index contributed by atoms with van der Waals surface area (Å²) >= 11 is 0. The van der Waals surface area contributed by atoms with Gasteiger partial charge in [-0.05, 0) is 31.2 Å². The van der Waals surface area contributed by atoms with Gasteiger partial charge in [0.2, 0.25) is 11.8 Å². The van der Waals surface area contributed by atoms with Gasteiger partial charge in [0.25, 0.3) is 0 Å². The van der Waals surface area contributed by atoms with Crippen molar-refractivity contribution in [2.75, 3.05) is 26.7 Å². The molecule has 2 aliphatic rings. The van der Waals surface area contributed by atoms with E-state index in [0.29, 0.717) is 26.1 Å². The van der Waals surface area contributed by atoms with Gasteiger partial charge >= 0.3 is 5.97 Å². The lowest BCUT2D eigenvalue weighted by atomic mass is 9.98. The van der Waals surface area contributed by atoms with Crippen LogP contribution in [0.4, 0.5) is 0 Å². The van der Waals surface area contributed by atoms with Gasteiger partial charge in [-0.3, -0.25) is 9.59 Å². The molecule has 2 saturated heterocycles. The third kappa shape index (κ3) is 4.06. The first-order valence-corrected chi connectivity index (χ1v) is 9.30. The maximum absolute atomic E-state index is 12.9. The molecule has 1 aromatic rings. The van der Waals surface area contributed by atoms with Crippen molar-refractivity contribution >= 4 is 17.8 Å². The molecule has 0 aromatic heterocycles. The second-order valence-corrected chi connectivity index (χ2v) is 7.04. The highest BCUT2D eigenvalue weighted by atomic mass is 16.5. The number of nitrogens with zero attached hydrogens (tertiary/aromatic N) is 2. The molecule has 2 aliphatic heterocycles. The zero-order valence-electron chi connectivity index (χ0n) is 15.2. The summed E-state index contributed by atoms with van der Waals surface area (Å²) in [5, 5.41) is 0. The van der Waals surface area contributed by atoms with Crippen molar-refractivity contribution in [2.45, 2.75) is 38.1 Å². The third-order valence-corrected chi connectivity index (χ3v) is 5.34. The monoisotopic (exact) mass is 358 g/mol. The molecule has 2 unspecified atom stereocenters. The number of amides is 2. The van der Waals surface area contributed by atoms with Crippen molar-refractivity contribution in [1.29, 1.82) is 0 Å². The number of hydrogen-bond acceptors (Lipinski definition) is 4. The number of piperidine rings is 1. The lowest BCUT2D eigenvalue weighted by Crippen LogP contribution is -2.50. The van der Waals surface area contributed by atoms with Crippen LogP contribution >= 0.6 is 0 Å². The Morgan fingerprint density at radius 3 is 2.69 bits per heavy atom. The van der Waals surface area contributed by atoms with Crippen molar-refractivity contribution < 1.29 is 19.1 Å². The molecule has 6 heteroatoms. The van der Waals surface area contributed by atoms with Crippen LogP contribution in [0, 0.1) is 5.92 Å². The van der Waals surface area contributed by atoms with E-state index in [1.165, 1.54) is 12.7 Å². The number of rotatable bonds is 5. The number of benzene rings is 1. The highest BCUT2D eigenvalue weighted by Crippen LogP contribution is 2.25. The fourth-order valence-corrected chi connectivity index (χ4v) is 3.87. The lowest BCUT2D eigenvalue weighted by Gasteiger charge is -2.35. The minimum atomic E-state index is -0.505. The van der Waals surface area contributed by atoms with Gasteiger partial charge in [0.15, 0.2) is 0 Å². The van der Waals surface area contributed by atoms with Gasteiger partial charge in [-0.25, -0.2) is 4.79 Å². The molecular weight excluding hydrogens is 332 g/mol. The van der Waals surface area contributed by atoms with Gasteiger partial charge in [0.1, 0.15) is 6.04 Å². The summed E-state index contributed by atoms with van der Waals surface area (Å²) in [6.45, 7) is 1.62. The molecule has 2 atom stereocenters. The minimum Gasteiger partial charge on any atom is -0.467 e. The molecule has 0 spiro atoms. The summed E-state index contributed by atoms with van der Waals surface area (Å²) in [7, 11) is 1.35. The van der Waals surface area contributed by atoms with Crippen molar-refractivity contribution in [2.24, 2.45) is 5.92 Å². The third-order valence-electron chi connectivity index (χ3n) is 5.34. The van der Waals surface area contributed by atoms with E-state index in [1.807, 2.05) is 30.3 Å². The van der Waals surface area contributed by atoms with Crippen LogP contribution in [0.25, 0.3) is 0 Å². The molecule has 0 bridgehead atoms. The Hall–Kier alpha value is -2.37. The molecule has 140 valence electrons. The summed E-state index contributed by atoms with van der Waals surface area (Å²) in [5.74, 6) is -0.784. The van der Waals surface area contributed by atoms with Gasteiger partial charge in [-0.1, -0.05) is 30.3 Å². The summed E-state index contributed by atoms with van der Waals surface area (Å²) in [4.78, 5) is 40.7. The lowest BCUT2D eigenvalue weighted by molar-refractivity contribution is -0.156. The van der Waals surface area contributed by atoms with Crippen molar-refractivity contribution in [3.8, 4) is 0 Å². The normalized spacial score (nSPS) is 23.2. The maximum atomic E-state index is 12.9. The fraction of sp³-hybridized carbons (Fsp3) is 0.550. The Balaban J connectivity index is 1.60. The van der Waals surface area contributed by atoms with E-state index in [2.05, 4.69) is 0 Å². The topological polar surface area (TPSA) is 66.9 Å². The Kier molecular flexibility index (Phi) is 5.91. The number of esters is 1. The van der Waals surface area contributed by atoms with Gasteiger partial charge in [-0.2, -0.15) is 0 Å². The summed E-state index contributed by atoms with van der Waals surface area (Å²) < 4.78 is 4.85. The second kappa shape index (κ2) is 8.34. The first kappa shape index (κ1) is 18.4. The molecule has 6 nitrogen and oxygen atoms in total. The number of ether oxygens (including phenoxy) is 1. The molecule has 3 rings (SSSR count). The predicted octanol–water partition coefficient (Wildman–Crippen LogP) is 1.63. The van der Waals surface area contributed by atoms with E-state index in [9.17, 15) is 14.4 Å². The molecule has 0 N–H and O–H groups in total. The van der Waals surface area contributed by atoms with E-state index >= 15 is 0 Å². The van der Waals surface area contributed by atoms with Crippen LogP contribution in [0.3, 0.4) is 0 Å². The number of likely N-dealkylation sites (tertiary alicyclic amines) is 2. The van der Waals surface area contributed by atoms with Gasteiger partial charge in [0.05, 0.1) is 13.0 Å². The van der Waals surface area contributed by atoms with Gasteiger partial charge in [0, 0.05) is 26.1 Å². The van der Waals surface area contributed by atoms with Crippen LogP contribution in [-0.2, 0) is 25.5 Å². The molecule has 2 heterocycles. The van der Waals surface area contributed by atoms with Crippen LogP contribution in [0.1, 0.15) is 31.2 Å². The predicted molar refractivity (Wildman–Crippen MR) is 96.2 cm³/mol. The summed E-state index contributed by atoms with van der Waals surface area (Å²) in [6, 6.07) is 9.51. The number of carbonyl (C=O) groups excluding carboxylic acids is 3. The highest BCUT2D eigenvalue weighted by molar-refractivity contribution is 5.91. The standard InChI is InChI=1S/C20H26N2O4/c1-26-20(25)17-9-5-6-11-22(17)19(24)16-13-18(23)21(14-16)12-10-15-7-3-2-4-8-15/h2-4,7-8,16-17H,5-6,9-14H2,1H3. The van der Waals surface area contributed by atoms with Gasteiger partial charge in [-0.15, -0.1) is 0 Å². The molecule has 2 fully saturated rings. The Morgan fingerprint density at radius 1 is 1.19 bits per heavy atom. The van der Waals surface area contributed by atoms with E-state index < -0.39 is 6.04 Å². The highest BCUT2D eigenvalue weighted by Gasteiger charge is 2.40. The quantitative estimate of drug-likeness (QED) is 0.751. The van der Waals surface area contributed by atoms with E-state index in [0.717, 1.165) is 19.3 Å². The number of hydrogen-bond donors (Lipinski definition) is 0. The zero-order valence-corrected chi connectivity index (χ0v) is 15.2. The molecule has 0 radical (unpaired) electrons. The van der Waals surface area contributed by atoms with Crippen molar-refractivity contribution in [3.05, 3.63) is 35.9 Å². The van der Waals surface area contributed by atoms with Crippen LogP contribution in [0.2, 0.25) is 0 Å². The van der Waals surface area contributed by atoms with Crippen molar-refractivity contribution in [3.63, 3.8) is 0 Å². The summed E-state index contributed by atoms with van der Waals surface area (Å²) in [6.07, 6.45) is 3.45. The number of methoxy groups -OCH3 is 1. The van der Waals surface area contributed by atoms with Crippen molar-refractivity contribution in [1.82, 2.24) is 9.80 Å². The zero-order chi connectivity index (χ0) is 18.5. The Bertz CT molecular complexity index is 661. The average Bonchev–Trinajstić information content (AvgIpc) is 3.06. The fourth-order valence-electron chi connectivity index (χ4n) is 3.87. The molecule has 26 heavy (non-hydrogen) atoms. The number of carbonyl (C=O) groups is 3. The molecular formula is C20H26N2O4. The smallest absolute Gasteiger partial charge is 0.328 e. The van der Waals surface area contributed by atoms with Crippen LogP contribution < -0.4 is 0 Å². The first-order chi connectivity index (χ1) is 12.6.